The molecule has 0 aromatic rings. The van der Waals surface area contributed by atoms with Gasteiger partial charge in [0, 0.05) is 17.9 Å². The zero-order valence-corrected chi connectivity index (χ0v) is 17.3. The lowest BCUT2D eigenvalue weighted by Gasteiger charge is -2.57. The van der Waals surface area contributed by atoms with E-state index in [1.54, 1.807) is 0 Å². The van der Waals surface area contributed by atoms with Crippen LogP contribution < -0.4 is 0 Å². The summed E-state index contributed by atoms with van der Waals surface area (Å²) in [4.78, 5) is 12.0. The third-order valence-electron chi connectivity index (χ3n) is 8.28. The smallest absolute Gasteiger partial charge is 0.302 e. The lowest BCUT2D eigenvalue weighted by Crippen LogP contribution is -2.62. The SMILES string of the molecule is C=C[C@]1(C)CC2=C(O)C(=C)[C@]34O[C@]3(CCCC4(C)C)[C@]2(C)[C@@H](OC(C)=O)C1. The molecule has 1 N–H and O–H groups in total. The Morgan fingerprint density at radius 1 is 1.30 bits per heavy atom. The van der Waals surface area contributed by atoms with Gasteiger partial charge < -0.3 is 14.6 Å². The van der Waals surface area contributed by atoms with Gasteiger partial charge in [-0.3, -0.25) is 4.79 Å². The quantitative estimate of drug-likeness (QED) is 0.420. The molecule has 3 fully saturated rings. The van der Waals surface area contributed by atoms with Gasteiger partial charge in [-0.15, -0.1) is 6.58 Å². The zero-order valence-electron chi connectivity index (χ0n) is 17.3. The van der Waals surface area contributed by atoms with Crippen LogP contribution in [0.15, 0.2) is 36.1 Å². The summed E-state index contributed by atoms with van der Waals surface area (Å²) in [6, 6.07) is 0. The monoisotopic (exact) mass is 372 g/mol. The molecule has 0 aromatic heterocycles. The maximum atomic E-state index is 12.0. The van der Waals surface area contributed by atoms with Crippen molar-refractivity contribution in [3.05, 3.63) is 36.1 Å². The predicted molar refractivity (Wildman–Crippen MR) is 104 cm³/mol. The maximum absolute atomic E-state index is 12.0. The highest BCUT2D eigenvalue weighted by Crippen LogP contribution is 2.80. The number of rotatable bonds is 2. The van der Waals surface area contributed by atoms with Crippen molar-refractivity contribution in [2.45, 2.75) is 84.0 Å². The minimum atomic E-state index is -0.582. The average molecular weight is 373 g/mol. The molecule has 4 rings (SSSR count). The summed E-state index contributed by atoms with van der Waals surface area (Å²) < 4.78 is 12.6. The van der Waals surface area contributed by atoms with Gasteiger partial charge in [0.25, 0.3) is 0 Å². The number of aliphatic hydroxyl groups is 1. The standard InChI is InChI=1S/C23H32O4/c1-8-20(6)12-16-18(25)14(2)23-19(4,5)10-9-11-22(23,27-23)21(16,7)17(13-20)26-15(3)24/h8,17,25H,1-2,9-13H2,3-7H3/t17-,20+,21-,22+,23+/m0/s1. The Bertz CT molecular complexity index is 792. The summed E-state index contributed by atoms with van der Waals surface area (Å²) in [5.41, 5.74) is -0.384. The molecule has 27 heavy (non-hydrogen) atoms. The molecular formula is C23H32O4. The highest BCUT2D eigenvalue weighted by molar-refractivity contribution is 5.67. The van der Waals surface area contributed by atoms with Gasteiger partial charge in [0.05, 0.1) is 5.41 Å². The molecule has 148 valence electrons. The molecule has 4 heteroatoms. The first-order chi connectivity index (χ1) is 12.4. The fourth-order valence-corrected chi connectivity index (χ4v) is 6.73. The average Bonchev–Trinajstić information content (AvgIpc) is 3.29. The van der Waals surface area contributed by atoms with E-state index < -0.39 is 16.6 Å². The number of allylic oxidation sites excluding steroid dienone is 1. The first kappa shape index (κ1) is 18.8. The molecule has 0 aromatic carbocycles. The molecule has 1 saturated heterocycles. The lowest BCUT2D eigenvalue weighted by molar-refractivity contribution is -0.161. The van der Waals surface area contributed by atoms with Crippen molar-refractivity contribution in [3.8, 4) is 0 Å². The number of fused-ring (bicyclic) bond motifs is 1. The highest BCUT2D eigenvalue weighted by atomic mass is 16.6. The fraction of sp³-hybridized carbons (Fsp3) is 0.696. The van der Waals surface area contributed by atoms with E-state index >= 15 is 0 Å². The van der Waals surface area contributed by atoms with Crippen molar-refractivity contribution in [1.29, 1.82) is 0 Å². The van der Waals surface area contributed by atoms with Crippen molar-refractivity contribution < 1.29 is 19.4 Å². The molecule has 2 saturated carbocycles. The second kappa shape index (κ2) is 5.08. The van der Waals surface area contributed by atoms with Gasteiger partial charge in [0.15, 0.2) is 0 Å². The van der Waals surface area contributed by atoms with Crippen LogP contribution in [0, 0.1) is 16.2 Å². The Morgan fingerprint density at radius 2 is 1.96 bits per heavy atom. The van der Waals surface area contributed by atoms with Crippen LogP contribution in [0.3, 0.4) is 0 Å². The first-order valence-electron chi connectivity index (χ1n) is 10.0. The molecule has 0 bridgehead atoms. The topological polar surface area (TPSA) is 59.1 Å². The Labute approximate surface area is 162 Å². The molecule has 5 atom stereocenters. The number of aliphatic hydroxyl groups excluding tert-OH is 1. The Kier molecular flexibility index (Phi) is 3.54. The van der Waals surface area contributed by atoms with E-state index in [0.717, 1.165) is 24.8 Å². The van der Waals surface area contributed by atoms with E-state index in [2.05, 4.69) is 40.9 Å². The zero-order chi connectivity index (χ0) is 20.0. The maximum Gasteiger partial charge on any atom is 0.302 e. The molecule has 3 aliphatic carbocycles. The van der Waals surface area contributed by atoms with Gasteiger partial charge in [0.2, 0.25) is 0 Å². The molecule has 1 aliphatic heterocycles. The van der Waals surface area contributed by atoms with E-state index in [9.17, 15) is 9.90 Å². The lowest BCUT2D eigenvalue weighted by atomic mass is 9.45. The Morgan fingerprint density at radius 3 is 2.56 bits per heavy atom. The Hall–Kier alpha value is -1.55. The number of hydrogen-bond donors (Lipinski definition) is 1. The number of carbonyl (C=O) groups excluding carboxylic acids is 1. The van der Waals surface area contributed by atoms with E-state index in [0.29, 0.717) is 18.4 Å². The minimum Gasteiger partial charge on any atom is -0.508 e. The summed E-state index contributed by atoms with van der Waals surface area (Å²) in [5, 5.41) is 11.3. The third-order valence-corrected chi connectivity index (χ3v) is 8.28. The second-order valence-corrected chi connectivity index (χ2v) is 10.2. The summed E-state index contributed by atoms with van der Waals surface area (Å²) in [5.74, 6) is -0.0407. The van der Waals surface area contributed by atoms with Crippen molar-refractivity contribution in [1.82, 2.24) is 0 Å². The summed E-state index contributed by atoms with van der Waals surface area (Å²) >= 11 is 0. The number of hydrogen-bond acceptors (Lipinski definition) is 4. The van der Waals surface area contributed by atoms with Gasteiger partial charge in [-0.1, -0.05) is 33.4 Å². The summed E-state index contributed by atoms with van der Waals surface area (Å²) in [7, 11) is 0. The predicted octanol–water partition coefficient (Wildman–Crippen LogP) is 5.01. The van der Waals surface area contributed by atoms with Crippen LogP contribution in [-0.4, -0.2) is 28.4 Å². The van der Waals surface area contributed by atoms with Crippen LogP contribution in [0.2, 0.25) is 0 Å². The van der Waals surface area contributed by atoms with E-state index in [1.807, 2.05) is 6.08 Å². The van der Waals surface area contributed by atoms with Gasteiger partial charge in [-0.2, -0.15) is 0 Å². The van der Waals surface area contributed by atoms with Gasteiger partial charge in [0.1, 0.15) is 23.1 Å². The van der Waals surface area contributed by atoms with Crippen LogP contribution in [0.1, 0.15) is 66.7 Å². The molecule has 4 aliphatic rings. The number of ether oxygens (including phenoxy) is 2. The van der Waals surface area contributed by atoms with Crippen molar-refractivity contribution >= 4 is 5.97 Å². The van der Waals surface area contributed by atoms with Crippen LogP contribution in [0.25, 0.3) is 0 Å². The molecule has 4 nitrogen and oxygen atoms in total. The summed E-state index contributed by atoms with van der Waals surface area (Å²) in [6.07, 6.45) is 5.88. The van der Waals surface area contributed by atoms with Crippen molar-refractivity contribution in [2.75, 3.05) is 0 Å². The van der Waals surface area contributed by atoms with Crippen molar-refractivity contribution in [3.63, 3.8) is 0 Å². The van der Waals surface area contributed by atoms with Crippen LogP contribution in [-0.2, 0) is 14.3 Å². The number of esters is 1. The third kappa shape index (κ3) is 1.90. The van der Waals surface area contributed by atoms with E-state index in [1.165, 1.54) is 6.92 Å². The van der Waals surface area contributed by atoms with E-state index in [-0.39, 0.29) is 28.7 Å². The van der Waals surface area contributed by atoms with Crippen LogP contribution in [0.4, 0.5) is 0 Å². The van der Waals surface area contributed by atoms with Crippen LogP contribution in [0.5, 0.6) is 0 Å². The number of epoxide rings is 1. The molecule has 0 unspecified atom stereocenters. The minimum absolute atomic E-state index is 0.134. The largest absolute Gasteiger partial charge is 0.508 e. The highest BCUT2D eigenvalue weighted by Gasteiger charge is 2.88. The molecule has 0 spiro atoms. The van der Waals surface area contributed by atoms with Gasteiger partial charge in [-0.05, 0) is 50.0 Å². The number of carbonyl (C=O) groups is 1. The molecular weight excluding hydrogens is 340 g/mol. The Balaban J connectivity index is 1.97. The molecule has 0 amide bonds. The fourth-order valence-electron chi connectivity index (χ4n) is 6.73. The molecule has 1 heterocycles. The van der Waals surface area contributed by atoms with E-state index in [4.69, 9.17) is 9.47 Å². The first-order valence-corrected chi connectivity index (χ1v) is 10.0. The van der Waals surface area contributed by atoms with Crippen LogP contribution >= 0.6 is 0 Å². The summed E-state index contributed by atoms with van der Waals surface area (Å²) in [6.45, 7) is 18.4. The second-order valence-electron chi connectivity index (χ2n) is 10.2. The van der Waals surface area contributed by atoms with Gasteiger partial charge in [-0.25, -0.2) is 0 Å². The molecule has 0 radical (unpaired) electrons. The normalized spacial score (nSPS) is 47.4. The van der Waals surface area contributed by atoms with Crippen molar-refractivity contribution in [2.24, 2.45) is 16.2 Å². The van der Waals surface area contributed by atoms with Gasteiger partial charge >= 0.3 is 5.97 Å².